The lowest BCUT2D eigenvalue weighted by atomic mass is 10.2. The van der Waals surface area contributed by atoms with Crippen LogP contribution in [0.1, 0.15) is 32.1 Å². The Morgan fingerprint density at radius 2 is 2.16 bits per heavy atom. The molecule has 0 fully saturated rings. The molecule has 1 atom stereocenters. The number of carbonyl (C=O) groups excluding carboxylic acids is 1. The number of nitrogens with one attached hydrogen (secondary N) is 1. The molecule has 0 spiro atoms. The Morgan fingerprint density at radius 1 is 1.47 bits per heavy atom. The smallest absolute Gasteiger partial charge is 0.326 e. The first-order chi connectivity index (χ1) is 8.95. The molecule has 106 valence electrons. The predicted octanol–water partition coefficient (Wildman–Crippen LogP) is 2.53. The van der Waals surface area contributed by atoms with Crippen molar-refractivity contribution in [1.82, 2.24) is 10.2 Å². The zero-order valence-corrected chi connectivity index (χ0v) is 12.2. The Bertz CT molecular complexity index is 418. The van der Waals surface area contributed by atoms with Gasteiger partial charge in [-0.2, -0.15) is 0 Å². The monoisotopic (exact) mass is 284 g/mol. The number of amides is 2. The highest BCUT2D eigenvalue weighted by Crippen LogP contribution is 2.14. The lowest BCUT2D eigenvalue weighted by Gasteiger charge is -2.28. The van der Waals surface area contributed by atoms with Crippen LogP contribution in [0.15, 0.2) is 17.5 Å². The molecule has 0 saturated carbocycles. The van der Waals surface area contributed by atoms with Crippen molar-refractivity contribution in [3.05, 3.63) is 22.4 Å². The second kappa shape index (κ2) is 7.13. The molecule has 0 aliphatic rings. The summed E-state index contributed by atoms with van der Waals surface area (Å²) in [6.07, 6.45) is 0.367. The minimum absolute atomic E-state index is 0.00778. The molecule has 0 radical (unpaired) electrons. The first-order valence-electron chi connectivity index (χ1n) is 6.28. The normalized spacial score (nSPS) is 12.2. The zero-order valence-electron chi connectivity index (χ0n) is 11.4. The van der Waals surface area contributed by atoms with Gasteiger partial charge in [-0.15, -0.1) is 11.3 Å². The van der Waals surface area contributed by atoms with Crippen LogP contribution in [-0.4, -0.2) is 34.1 Å². The Hall–Kier alpha value is -1.56. The van der Waals surface area contributed by atoms with E-state index in [0.717, 1.165) is 4.88 Å². The highest BCUT2D eigenvalue weighted by atomic mass is 32.1. The van der Waals surface area contributed by atoms with Crippen LogP contribution in [0.2, 0.25) is 0 Å². The van der Waals surface area contributed by atoms with Crippen LogP contribution in [0.3, 0.4) is 0 Å². The fourth-order valence-corrected chi connectivity index (χ4v) is 2.33. The van der Waals surface area contributed by atoms with Gasteiger partial charge in [0, 0.05) is 10.9 Å². The number of aliphatic carboxylic acids is 1. The van der Waals surface area contributed by atoms with Gasteiger partial charge in [-0.1, -0.05) is 13.0 Å². The number of hydrogen-bond donors (Lipinski definition) is 2. The van der Waals surface area contributed by atoms with Crippen LogP contribution in [0.4, 0.5) is 4.79 Å². The predicted molar refractivity (Wildman–Crippen MR) is 75.2 cm³/mol. The van der Waals surface area contributed by atoms with Gasteiger partial charge < -0.3 is 15.3 Å². The standard InChI is InChI=1S/C13H20N2O3S/c1-4-11(12(16)17)14-13(18)15(9(2)3)8-10-6-5-7-19-10/h5-7,9,11H,4,8H2,1-3H3,(H,14,18)(H,16,17). The van der Waals surface area contributed by atoms with Crippen LogP contribution >= 0.6 is 11.3 Å². The molecule has 19 heavy (non-hydrogen) atoms. The molecule has 0 aromatic carbocycles. The second-order valence-corrected chi connectivity index (χ2v) is 5.58. The summed E-state index contributed by atoms with van der Waals surface area (Å²) in [4.78, 5) is 25.8. The number of carboxylic acids is 1. The summed E-state index contributed by atoms with van der Waals surface area (Å²) in [7, 11) is 0. The largest absolute Gasteiger partial charge is 0.480 e. The summed E-state index contributed by atoms with van der Waals surface area (Å²) in [6.45, 7) is 6.05. The van der Waals surface area contributed by atoms with E-state index in [1.165, 1.54) is 0 Å². The fourth-order valence-electron chi connectivity index (χ4n) is 1.63. The maximum atomic E-state index is 12.1. The molecular weight excluding hydrogens is 264 g/mol. The molecule has 1 aromatic rings. The molecule has 2 amide bonds. The van der Waals surface area contributed by atoms with Crippen LogP contribution in [-0.2, 0) is 11.3 Å². The summed E-state index contributed by atoms with van der Waals surface area (Å²) in [6, 6.07) is 2.73. The molecule has 6 heteroatoms. The van der Waals surface area contributed by atoms with Gasteiger partial charge in [-0.05, 0) is 31.7 Å². The van der Waals surface area contributed by atoms with Gasteiger partial charge in [0.25, 0.3) is 0 Å². The lowest BCUT2D eigenvalue weighted by molar-refractivity contribution is -0.139. The Morgan fingerprint density at radius 3 is 2.58 bits per heavy atom. The molecule has 1 rings (SSSR count). The van der Waals surface area contributed by atoms with Gasteiger partial charge in [0.1, 0.15) is 6.04 Å². The number of carboxylic acid groups (broad SMARTS) is 1. The zero-order chi connectivity index (χ0) is 14.4. The number of nitrogens with zero attached hydrogens (tertiary/aromatic N) is 1. The quantitative estimate of drug-likeness (QED) is 0.843. The third-order valence-corrected chi connectivity index (χ3v) is 3.66. The summed E-state index contributed by atoms with van der Waals surface area (Å²) in [5.74, 6) is -1.00. The van der Waals surface area contributed by atoms with Crippen molar-refractivity contribution in [1.29, 1.82) is 0 Å². The number of rotatable bonds is 6. The maximum absolute atomic E-state index is 12.1. The molecule has 1 heterocycles. The van der Waals surface area contributed by atoms with E-state index < -0.39 is 12.0 Å². The average molecular weight is 284 g/mol. The van der Waals surface area contributed by atoms with Crippen LogP contribution in [0.25, 0.3) is 0 Å². The molecule has 5 nitrogen and oxygen atoms in total. The Labute approximate surface area is 117 Å². The van der Waals surface area contributed by atoms with Crippen molar-refractivity contribution in [2.45, 2.75) is 45.8 Å². The Kier molecular flexibility index (Phi) is 5.82. The molecule has 0 bridgehead atoms. The molecule has 1 unspecified atom stereocenters. The van der Waals surface area contributed by atoms with Crippen molar-refractivity contribution < 1.29 is 14.7 Å². The number of urea groups is 1. The lowest BCUT2D eigenvalue weighted by Crippen LogP contribution is -2.49. The van der Waals surface area contributed by atoms with Gasteiger partial charge in [-0.25, -0.2) is 9.59 Å². The third kappa shape index (κ3) is 4.55. The van der Waals surface area contributed by atoms with E-state index in [9.17, 15) is 9.59 Å². The number of carbonyl (C=O) groups is 2. The van der Waals surface area contributed by atoms with Crippen LogP contribution in [0, 0.1) is 0 Å². The summed E-state index contributed by atoms with van der Waals surface area (Å²) in [5.41, 5.74) is 0. The van der Waals surface area contributed by atoms with E-state index in [2.05, 4.69) is 5.32 Å². The molecule has 0 saturated heterocycles. The maximum Gasteiger partial charge on any atom is 0.326 e. The van der Waals surface area contributed by atoms with Crippen molar-refractivity contribution in [3.8, 4) is 0 Å². The van der Waals surface area contributed by atoms with Crippen molar-refractivity contribution in [2.75, 3.05) is 0 Å². The fraction of sp³-hybridized carbons (Fsp3) is 0.538. The number of hydrogen-bond acceptors (Lipinski definition) is 3. The van der Waals surface area contributed by atoms with E-state index in [4.69, 9.17) is 5.11 Å². The first kappa shape index (κ1) is 15.5. The molecule has 0 aliphatic heterocycles. The third-order valence-electron chi connectivity index (χ3n) is 2.79. The minimum atomic E-state index is -1.00. The topological polar surface area (TPSA) is 69.6 Å². The van der Waals surface area contributed by atoms with E-state index in [0.29, 0.717) is 13.0 Å². The second-order valence-electron chi connectivity index (χ2n) is 4.55. The summed E-state index contributed by atoms with van der Waals surface area (Å²) < 4.78 is 0. The number of thiophene rings is 1. The van der Waals surface area contributed by atoms with E-state index in [1.54, 1.807) is 23.2 Å². The van der Waals surface area contributed by atoms with Crippen molar-refractivity contribution >= 4 is 23.3 Å². The SMILES string of the molecule is CCC(NC(=O)N(Cc1cccs1)C(C)C)C(=O)O. The van der Waals surface area contributed by atoms with Crippen molar-refractivity contribution in [2.24, 2.45) is 0 Å². The molecule has 1 aromatic heterocycles. The first-order valence-corrected chi connectivity index (χ1v) is 7.16. The molecule has 0 aliphatic carbocycles. The Balaban J connectivity index is 2.70. The van der Waals surface area contributed by atoms with Crippen LogP contribution < -0.4 is 5.32 Å². The van der Waals surface area contributed by atoms with E-state index in [1.807, 2.05) is 31.4 Å². The van der Waals surface area contributed by atoms with Gasteiger partial charge in [0.15, 0.2) is 0 Å². The highest BCUT2D eigenvalue weighted by molar-refractivity contribution is 7.09. The summed E-state index contributed by atoms with van der Waals surface area (Å²) >= 11 is 1.58. The van der Waals surface area contributed by atoms with Gasteiger partial charge in [-0.3, -0.25) is 0 Å². The molecular formula is C13H20N2O3S. The van der Waals surface area contributed by atoms with Gasteiger partial charge in [0.05, 0.1) is 6.54 Å². The minimum Gasteiger partial charge on any atom is -0.480 e. The van der Waals surface area contributed by atoms with Gasteiger partial charge in [0.2, 0.25) is 0 Å². The van der Waals surface area contributed by atoms with Crippen molar-refractivity contribution in [3.63, 3.8) is 0 Å². The van der Waals surface area contributed by atoms with Crippen LogP contribution in [0.5, 0.6) is 0 Å². The summed E-state index contributed by atoms with van der Waals surface area (Å²) in [5, 5.41) is 13.5. The highest BCUT2D eigenvalue weighted by Gasteiger charge is 2.23. The van der Waals surface area contributed by atoms with Gasteiger partial charge >= 0.3 is 12.0 Å². The average Bonchev–Trinajstić information content (AvgIpc) is 2.84. The molecule has 2 N–H and O–H groups in total. The van der Waals surface area contributed by atoms with E-state index >= 15 is 0 Å². The van der Waals surface area contributed by atoms with E-state index in [-0.39, 0.29) is 12.1 Å².